The number of nitrogens with one attached hydrogen (secondary N) is 1. The van der Waals surface area contributed by atoms with E-state index in [2.05, 4.69) is 36.8 Å². The van der Waals surface area contributed by atoms with E-state index >= 15 is 0 Å². The highest BCUT2D eigenvalue weighted by molar-refractivity contribution is 6.33. The molecule has 1 aliphatic heterocycles. The number of amides is 1. The molecule has 0 aliphatic carbocycles. The Balaban J connectivity index is 1.54. The lowest BCUT2D eigenvalue weighted by atomic mass is 10.1. The van der Waals surface area contributed by atoms with Crippen molar-refractivity contribution in [3.05, 3.63) is 64.0 Å². The first-order chi connectivity index (χ1) is 13.5. The quantitative estimate of drug-likeness (QED) is 0.723. The molecule has 1 aromatic carbocycles. The first kappa shape index (κ1) is 18.7. The summed E-state index contributed by atoms with van der Waals surface area (Å²) < 4.78 is 4.24. The predicted molar refractivity (Wildman–Crippen MR) is 109 cm³/mol. The molecule has 2 aromatic heterocycles. The average molecular weight is 398 g/mol. The highest BCUT2D eigenvalue weighted by atomic mass is 35.5. The Morgan fingerprint density at radius 2 is 1.89 bits per heavy atom. The van der Waals surface area contributed by atoms with Crippen LogP contribution in [-0.2, 0) is 19.5 Å². The fourth-order valence-corrected chi connectivity index (χ4v) is 4.04. The first-order valence-corrected chi connectivity index (χ1v) is 10.1. The molecule has 0 fully saturated rings. The van der Waals surface area contributed by atoms with Crippen LogP contribution in [0.5, 0.6) is 0 Å². The Hall–Kier alpha value is -2.60. The molecule has 0 saturated carbocycles. The summed E-state index contributed by atoms with van der Waals surface area (Å²) in [5, 5.41) is 11.9. The van der Waals surface area contributed by atoms with Crippen LogP contribution in [0.4, 0.5) is 0 Å². The number of carbonyl (C=O) groups excluding carboxylic acids is 1. The molecule has 3 heterocycles. The monoisotopic (exact) mass is 397 g/mol. The number of benzene rings is 1. The van der Waals surface area contributed by atoms with Gasteiger partial charge in [0.2, 0.25) is 0 Å². The first-order valence-electron chi connectivity index (χ1n) is 9.68. The molecular formula is C21H24ClN5O. The zero-order valence-electron chi connectivity index (χ0n) is 16.2. The van der Waals surface area contributed by atoms with Crippen molar-refractivity contribution < 1.29 is 4.79 Å². The number of hydrogen-bond donors (Lipinski definition) is 1. The van der Waals surface area contributed by atoms with E-state index in [-0.39, 0.29) is 5.91 Å². The average Bonchev–Trinajstić information content (AvgIpc) is 3.13. The SMILES string of the molecule is Cc1ccc(C)n1-c1ccc(Cl)c(C(=O)NCc2nnc3n2CCCCC3)c1. The van der Waals surface area contributed by atoms with Crippen LogP contribution in [0.1, 0.15) is 52.7 Å². The fourth-order valence-electron chi connectivity index (χ4n) is 3.83. The number of aromatic nitrogens is 4. The number of nitrogens with zero attached hydrogens (tertiary/aromatic N) is 4. The van der Waals surface area contributed by atoms with Gasteiger partial charge in [0.15, 0.2) is 5.82 Å². The van der Waals surface area contributed by atoms with Gasteiger partial charge < -0.3 is 14.5 Å². The van der Waals surface area contributed by atoms with Gasteiger partial charge >= 0.3 is 0 Å². The molecule has 7 heteroatoms. The van der Waals surface area contributed by atoms with Crippen molar-refractivity contribution in [2.24, 2.45) is 0 Å². The van der Waals surface area contributed by atoms with Crippen molar-refractivity contribution >= 4 is 17.5 Å². The van der Waals surface area contributed by atoms with Crippen LogP contribution in [0.2, 0.25) is 5.02 Å². The van der Waals surface area contributed by atoms with Gasteiger partial charge in [-0.25, -0.2) is 0 Å². The van der Waals surface area contributed by atoms with Crippen LogP contribution in [0, 0.1) is 13.8 Å². The molecule has 0 spiro atoms. The Labute approximate surface area is 169 Å². The zero-order valence-corrected chi connectivity index (χ0v) is 17.0. The van der Waals surface area contributed by atoms with Gasteiger partial charge in [0, 0.05) is 30.0 Å². The number of rotatable bonds is 4. The van der Waals surface area contributed by atoms with Gasteiger partial charge in [0.05, 0.1) is 17.1 Å². The third kappa shape index (κ3) is 3.56. The molecule has 0 unspecified atom stereocenters. The molecule has 0 bridgehead atoms. The summed E-state index contributed by atoms with van der Waals surface area (Å²) in [7, 11) is 0. The summed E-state index contributed by atoms with van der Waals surface area (Å²) in [6.45, 7) is 5.33. The standard InChI is InChI=1S/C21H24ClN5O/c1-14-7-8-15(2)27(14)16-9-10-18(22)17(12-16)21(28)23-13-20-25-24-19-6-4-3-5-11-26(19)20/h7-10,12H,3-6,11,13H2,1-2H3,(H,23,28). The highest BCUT2D eigenvalue weighted by Gasteiger charge is 2.17. The van der Waals surface area contributed by atoms with Crippen molar-refractivity contribution in [1.29, 1.82) is 0 Å². The summed E-state index contributed by atoms with van der Waals surface area (Å²) >= 11 is 6.33. The Morgan fingerprint density at radius 3 is 2.68 bits per heavy atom. The zero-order chi connectivity index (χ0) is 19.7. The van der Waals surface area contributed by atoms with Crippen LogP contribution in [0.3, 0.4) is 0 Å². The number of fused-ring (bicyclic) bond motifs is 1. The highest BCUT2D eigenvalue weighted by Crippen LogP contribution is 2.23. The smallest absolute Gasteiger partial charge is 0.253 e. The number of aryl methyl sites for hydroxylation is 3. The summed E-state index contributed by atoms with van der Waals surface area (Å²) in [4.78, 5) is 12.8. The molecule has 0 saturated heterocycles. The number of halogens is 1. The van der Waals surface area contributed by atoms with E-state index in [9.17, 15) is 4.79 Å². The Bertz CT molecular complexity index is 1000. The second-order valence-electron chi connectivity index (χ2n) is 7.29. The van der Waals surface area contributed by atoms with Crippen molar-refractivity contribution in [3.8, 4) is 5.69 Å². The van der Waals surface area contributed by atoms with E-state index in [0.717, 1.165) is 54.5 Å². The van der Waals surface area contributed by atoms with Gasteiger partial charge in [-0.15, -0.1) is 10.2 Å². The summed E-state index contributed by atoms with van der Waals surface area (Å²) in [5.41, 5.74) is 3.60. The van der Waals surface area contributed by atoms with Gasteiger partial charge in [-0.2, -0.15) is 0 Å². The molecule has 0 atom stereocenters. The second-order valence-corrected chi connectivity index (χ2v) is 7.70. The molecule has 0 radical (unpaired) electrons. The van der Waals surface area contributed by atoms with Crippen molar-refractivity contribution in [1.82, 2.24) is 24.6 Å². The largest absolute Gasteiger partial charge is 0.345 e. The van der Waals surface area contributed by atoms with Crippen LogP contribution >= 0.6 is 11.6 Å². The lowest BCUT2D eigenvalue weighted by molar-refractivity contribution is 0.0949. The van der Waals surface area contributed by atoms with Gasteiger partial charge in [-0.05, 0) is 57.0 Å². The normalized spacial score (nSPS) is 13.8. The molecule has 3 aromatic rings. The molecular weight excluding hydrogens is 374 g/mol. The molecule has 6 nitrogen and oxygen atoms in total. The second kappa shape index (κ2) is 7.80. The number of hydrogen-bond acceptors (Lipinski definition) is 3. The van der Waals surface area contributed by atoms with Crippen LogP contribution in [0.25, 0.3) is 5.69 Å². The van der Waals surface area contributed by atoms with Gasteiger partial charge in [0.25, 0.3) is 5.91 Å². The van der Waals surface area contributed by atoms with E-state index in [1.807, 2.05) is 26.0 Å². The third-order valence-corrected chi connectivity index (χ3v) is 5.65. The minimum Gasteiger partial charge on any atom is -0.345 e. The minimum absolute atomic E-state index is 0.208. The van der Waals surface area contributed by atoms with Crippen molar-refractivity contribution in [2.75, 3.05) is 0 Å². The minimum atomic E-state index is -0.208. The molecule has 1 amide bonds. The Kier molecular flexibility index (Phi) is 5.22. The van der Waals surface area contributed by atoms with E-state index in [1.165, 1.54) is 6.42 Å². The lowest BCUT2D eigenvalue weighted by Crippen LogP contribution is -2.25. The molecule has 1 aliphatic rings. The van der Waals surface area contributed by atoms with Crippen molar-refractivity contribution in [2.45, 2.75) is 52.6 Å². The summed E-state index contributed by atoms with van der Waals surface area (Å²) in [5.74, 6) is 1.61. The van der Waals surface area contributed by atoms with Gasteiger partial charge in [-0.3, -0.25) is 4.79 Å². The number of carbonyl (C=O) groups is 1. The summed E-state index contributed by atoms with van der Waals surface area (Å²) in [6, 6.07) is 9.65. The van der Waals surface area contributed by atoms with Gasteiger partial charge in [-0.1, -0.05) is 18.0 Å². The van der Waals surface area contributed by atoms with E-state index < -0.39 is 0 Å². The summed E-state index contributed by atoms with van der Waals surface area (Å²) in [6.07, 6.45) is 4.42. The fraction of sp³-hybridized carbons (Fsp3) is 0.381. The maximum atomic E-state index is 12.8. The van der Waals surface area contributed by atoms with Crippen LogP contribution in [-0.4, -0.2) is 25.2 Å². The van der Waals surface area contributed by atoms with E-state index in [0.29, 0.717) is 17.1 Å². The molecule has 4 rings (SSSR count). The molecule has 1 N–H and O–H groups in total. The molecule has 28 heavy (non-hydrogen) atoms. The van der Waals surface area contributed by atoms with Crippen molar-refractivity contribution in [3.63, 3.8) is 0 Å². The van der Waals surface area contributed by atoms with Gasteiger partial charge in [0.1, 0.15) is 5.82 Å². The maximum absolute atomic E-state index is 12.8. The Morgan fingerprint density at radius 1 is 1.11 bits per heavy atom. The van der Waals surface area contributed by atoms with Crippen LogP contribution in [0.15, 0.2) is 30.3 Å². The van der Waals surface area contributed by atoms with Crippen LogP contribution < -0.4 is 5.32 Å². The topological polar surface area (TPSA) is 64.7 Å². The van der Waals surface area contributed by atoms with E-state index in [1.54, 1.807) is 6.07 Å². The molecule has 146 valence electrons. The third-order valence-electron chi connectivity index (χ3n) is 5.32. The maximum Gasteiger partial charge on any atom is 0.253 e. The van der Waals surface area contributed by atoms with E-state index in [4.69, 9.17) is 11.6 Å². The predicted octanol–water partition coefficient (Wildman–Crippen LogP) is 4.00. The lowest BCUT2D eigenvalue weighted by Gasteiger charge is -2.13.